The average molecular weight is 447 g/mol. The van der Waals surface area contributed by atoms with Crippen LogP contribution in [-0.2, 0) is 6.42 Å². The number of fused-ring (bicyclic) bond motifs is 2. The molecule has 2 heterocycles. The zero-order chi connectivity index (χ0) is 23.4. The van der Waals surface area contributed by atoms with Crippen molar-refractivity contribution in [3.05, 3.63) is 64.8 Å². The first kappa shape index (κ1) is 22.9. The number of nitrogens with one attached hydrogen (secondary N) is 2. The molecule has 0 saturated heterocycles. The number of aromatic nitrogens is 1. The largest absolute Gasteiger partial charge is 0.492 e. The molecule has 6 heteroatoms. The first-order valence-corrected chi connectivity index (χ1v) is 11.5. The third-order valence-electron chi connectivity index (χ3n) is 5.99. The third kappa shape index (κ3) is 5.22. The number of para-hydroxylation sites is 1. The van der Waals surface area contributed by atoms with Gasteiger partial charge in [-0.15, -0.1) is 0 Å². The Bertz CT molecular complexity index is 1200. The fraction of sp³-hybridized carbons (Fsp3) is 0.370. The minimum Gasteiger partial charge on any atom is -0.492 e. The highest BCUT2D eigenvalue weighted by molar-refractivity contribution is 5.98. The van der Waals surface area contributed by atoms with Crippen LogP contribution in [0.5, 0.6) is 5.75 Å². The van der Waals surface area contributed by atoms with Crippen molar-refractivity contribution in [2.45, 2.75) is 57.8 Å². The predicted molar refractivity (Wildman–Crippen MR) is 128 cm³/mol. The van der Waals surface area contributed by atoms with Crippen LogP contribution < -0.4 is 10.1 Å². The van der Waals surface area contributed by atoms with Gasteiger partial charge in [-0.2, -0.15) is 0 Å². The summed E-state index contributed by atoms with van der Waals surface area (Å²) in [6.07, 6.45) is 3.33. The number of hydrogen-bond donors (Lipinski definition) is 4. The van der Waals surface area contributed by atoms with Crippen LogP contribution in [0.25, 0.3) is 10.9 Å². The number of benzene rings is 2. The molecular formula is C27H30N2O4. The fourth-order valence-electron chi connectivity index (χ4n) is 4.16. The molecule has 0 radical (unpaired) electrons. The molecule has 0 bridgehead atoms. The van der Waals surface area contributed by atoms with E-state index in [1.165, 1.54) is 0 Å². The van der Waals surface area contributed by atoms with Gasteiger partial charge in [0.15, 0.2) is 0 Å². The molecule has 1 aromatic heterocycles. The van der Waals surface area contributed by atoms with Gasteiger partial charge >= 0.3 is 0 Å². The molecule has 3 atom stereocenters. The number of rotatable bonds is 5. The molecule has 1 amide bonds. The van der Waals surface area contributed by atoms with Gasteiger partial charge in [-0.25, -0.2) is 0 Å². The molecule has 4 N–H and O–H groups in total. The summed E-state index contributed by atoms with van der Waals surface area (Å²) in [5.41, 5.74) is 3.94. The highest BCUT2D eigenvalue weighted by Crippen LogP contribution is 2.31. The topological polar surface area (TPSA) is 94.6 Å². The normalized spacial score (nSPS) is 15.9. The number of ether oxygens (including phenoxy) is 1. The second kappa shape index (κ2) is 10.1. The average Bonchev–Trinajstić information content (AvgIpc) is 3.08. The first-order chi connectivity index (χ1) is 15.9. The maximum atomic E-state index is 13.3. The summed E-state index contributed by atoms with van der Waals surface area (Å²) in [6.45, 7) is 4.12. The van der Waals surface area contributed by atoms with Crippen LogP contribution >= 0.6 is 0 Å². The summed E-state index contributed by atoms with van der Waals surface area (Å²) in [6, 6.07) is 11.5. The molecule has 33 heavy (non-hydrogen) atoms. The lowest BCUT2D eigenvalue weighted by Gasteiger charge is -2.21. The Hall–Kier alpha value is -3.27. The van der Waals surface area contributed by atoms with Gasteiger partial charge in [0, 0.05) is 35.0 Å². The van der Waals surface area contributed by atoms with Gasteiger partial charge < -0.3 is 25.3 Å². The third-order valence-corrected chi connectivity index (χ3v) is 5.99. The summed E-state index contributed by atoms with van der Waals surface area (Å²) in [7, 11) is 0. The lowest BCUT2D eigenvalue weighted by Crippen LogP contribution is -2.38. The van der Waals surface area contributed by atoms with Crippen LogP contribution in [0.4, 0.5) is 0 Å². The van der Waals surface area contributed by atoms with Crippen LogP contribution in [-0.4, -0.2) is 40.0 Å². The van der Waals surface area contributed by atoms with E-state index in [4.69, 9.17) is 4.74 Å². The molecule has 0 saturated carbocycles. The van der Waals surface area contributed by atoms with Crippen molar-refractivity contribution in [3.63, 3.8) is 0 Å². The monoisotopic (exact) mass is 446 g/mol. The van der Waals surface area contributed by atoms with Gasteiger partial charge in [0.05, 0.1) is 18.3 Å². The number of H-pyrrole nitrogens is 1. The minimum absolute atomic E-state index is 0.321. The van der Waals surface area contributed by atoms with E-state index >= 15 is 0 Å². The van der Waals surface area contributed by atoms with Gasteiger partial charge in [-0.1, -0.05) is 37.0 Å². The summed E-state index contributed by atoms with van der Waals surface area (Å²) >= 11 is 0. The van der Waals surface area contributed by atoms with Gasteiger partial charge in [0.1, 0.15) is 12.0 Å². The van der Waals surface area contributed by atoms with E-state index in [1.807, 2.05) is 43.5 Å². The molecule has 2 unspecified atom stereocenters. The Morgan fingerprint density at radius 3 is 2.85 bits per heavy atom. The molecule has 0 fully saturated rings. The van der Waals surface area contributed by atoms with Gasteiger partial charge in [-0.3, -0.25) is 4.79 Å². The highest BCUT2D eigenvalue weighted by atomic mass is 16.5. The summed E-state index contributed by atoms with van der Waals surface area (Å²) in [4.78, 5) is 16.5. The zero-order valence-electron chi connectivity index (χ0n) is 19.0. The van der Waals surface area contributed by atoms with Crippen LogP contribution in [0.2, 0.25) is 0 Å². The molecule has 3 aromatic rings. The Morgan fingerprint density at radius 2 is 2.03 bits per heavy atom. The van der Waals surface area contributed by atoms with E-state index < -0.39 is 18.2 Å². The second-order valence-electron chi connectivity index (χ2n) is 8.67. The molecule has 2 aromatic carbocycles. The lowest BCUT2D eigenvalue weighted by molar-refractivity contribution is 0.0724. The van der Waals surface area contributed by atoms with E-state index in [0.717, 1.165) is 41.3 Å². The quantitative estimate of drug-likeness (QED) is 0.354. The van der Waals surface area contributed by atoms with Crippen molar-refractivity contribution in [2.24, 2.45) is 0 Å². The molecule has 1 aliphatic rings. The maximum absolute atomic E-state index is 13.3. The van der Waals surface area contributed by atoms with E-state index in [2.05, 4.69) is 22.1 Å². The number of hydrogen-bond acceptors (Lipinski definition) is 4. The van der Waals surface area contributed by atoms with Crippen molar-refractivity contribution in [3.8, 4) is 17.6 Å². The number of aliphatic hydroxyl groups excluding tert-OH is 2. The van der Waals surface area contributed by atoms with Gasteiger partial charge in [0.2, 0.25) is 0 Å². The first-order valence-electron chi connectivity index (χ1n) is 11.5. The highest BCUT2D eigenvalue weighted by Gasteiger charge is 2.25. The SMILES string of the molecule is CC(O)CC#Cc1cc2c(c(C(=O)N[C@H](O)C(C)c3c[nH]c4ccccc34)c1)OCCCC2. The number of carbonyl (C=O) groups excluding carboxylic acids is 1. The minimum atomic E-state index is -1.08. The second-order valence-corrected chi connectivity index (χ2v) is 8.67. The van der Waals surface area contributed by atoms with Crippen molar-refractivity contribution < 1.29 is 19.7 Å². The molecule has 6 nitrogen and oxygen atoms in total. The smallest absolute Gasteiger partial charge is 0.257 e. The summed E-state index contributed by atoms with van der Waals surface area (Å²) in [5.74, 6) is 5.86. The number of aryl methyl sites for hydroxylation is 1. The van der Waals surface area contributed by atoms with E-state index in [1.54, 1.807) is 13.0 Å². The van der Waals surface area contributed by atoms with Crippen LogP contribution in [0.3, 0.4) is 0 Å². The van der Waals surface area contributed by atoms with Crippen LogP contribution in [0.15, 0.2) is 42.6 Å². The Kier molecular flexibility index (Phi) is 7.02. The van der Waals surface area contributed by atoms with Gasteiger partial charge in [0.25, 0.3) is 5.91 Å². The van der Waals surface area contributed by atoms with E-state index in [0.29, 0.717) is 29.9 Å². The van der Waals surface area contributed by atoms with Crippen LogP contribution in [0, 0.1) is 11.8 Å². The summed E-state index contributed by atoms with van der Waals surface area (Å²) in [5, 5.41) is 24.1. The van der Waals surface area contributed by atoms with Crippen molar-refractivity contribution >= 4 is 16.8 Å². The number of amides is 1. The Labute approximate surface area is 194 Å². The summed E-state index contributed by atoms with van der Waals surface area (Å²) < 4.78 is 5.93. The number of aromatic amines is 1. The molecule has 1 aliphatic heterocycles. The Balaban J connectivity index is 1.60. The predicted octanol–water partition coefficient (Wildman–Crippen LogP) is 3.86. The van der Waals surface area contributed by atoms with Crippen molar-refractivity contribution in [1.82, 2.24) is 10.3 Å². The number of aliphatic hydroxyl groups is 2. The van der Waals surface area contributed by atoms with Crippen molar-refractivity contribution in [2.75, 3.05) is 6.61 Å². The number of carbonyl (C=O) groups is 1. The maximum Gasteiger partial charge on any atom is 0.257 e. The molecular weight excluding hydrogens is 416 g/mol. The lowest BCUT2D eigenvalue weighted by atomic mass is 9.97. The van der Waals surface area contributed by atoms with E-state index in [-0.39, 0.29) is 5.92 Å². The molecule has 4 rings (SSSR count). The van der Waals surface area contributed by atoms with Crippen molar-refractivity contribution in [1.29, 1.82) is 0 Å². The fourth-order valence-corrected chi connectivity index (χ4v) is 4.16. The zero-order valence-corrected chi connectivity index (χ0v) is 19.0. The van der Waals surface area contributed by atoms with Crippen LogP contribution in [0.1, 0.15) is 66.1 Å². The molecule has 0 aliphatic carbocycles. The molecule has 0 spiro atoms. The standard InChI is InChI=1S/C27H30N2O4/c1-17(30)8-7-9-19-14-20-10-5-6-13-33-25(20)22(15-19)27(32)29-26(31)18(2)23-16-28-24-12-4-3-11-21(23)24/h3-4,11-12,14-18,26,28,30-31H,5-6,8,10,13H2,1-2H3,(H,29,32)/t17?,18?,26-/m1/s1. The van der Waals surface area contributed by atoms with E-state index in [9.17, 15) is 15.0 Å². The Morgan fingerprint density at radius 1 is 1.21 bits per heavy atom. The molecule has 172 valence electrons. The van der Waals surface area contributed by atoms with Gasteiger partial charge in [-0.05, 0) is 55.5 Å².